The first-order chi connectivity index (χ1) is 11.6. The van der Waals surface area contributed by atoms with Crippen molar-refractivity contribution in [3.63, 3.8) is 0 Å². The van der Waals surface area contributed by atoms with Gasteiger partial charge < -0.3 is 20.1 Å². The van der Waals surface area contributed by atoms with Crippen LogP contribution in [0.2, 0.25) is 0 Å². The van der Waals surface area contributed by atoms with Gasteiger partial charge in [0.1, 0.15) is 0 Å². The molecule has 0 aliphatic carbocycles. The van der Waals surface area contributed by atoms with E-state index in [0.717, 1.165) is 25.9 Å². The summed E-state index contributed by atoms with van der Waals surface area (Å²) < 4.78 is 1.53. The second-order valence-corrected chi connectivity index (χ2v) is 7.85. The summed E-state index contributed by atoms with van der Waals surface area (Å²) in [5.74, 6) is 1.67. The van der Waals surface area contributed by atoms with Gasteiger partial charge in [-0.2, -0.15) is 11.8 Å². The largest absolute Gasteiger partial charge is 0.350 e. The maximum absolute atomic E-state index is 12.2. The lowest BCUT2D eigenvalue weighted by atomic mass is 10.1. The number of nitrogens with zero attached hydrogens (tertiary/aromatic N) is 3. The zero-order valence-electron chi connectivity index (χ0n) is 14.0. The third-order valence-electron chi connectivity index (χ3n) is 4.57. The molecule has 1 aromatic heterocycles. The van der Waals surface area contributed by atoms with Crippen LogP contribution in [-0.4, -0.2) is 52.3 Å². The van der Waals surface area contributed by atoms with Gasteiger partial charge in [-0.25, -0.2) is 9.78 Å². The summed E-state index contributed by atoms with van der Waals surface area (Å²) >= 11 is 1.93. The minimum atomic E-state index is -0.108. The number of aromatic nitrogens is 2. The van der Waals surface area contributed by atoms with Crippen LogP contribution in [0.1, 0.15) is 25.7 Å². The van der Waals surface area contributed by atoms with Crippen molar-refractivity contribution < 1.29 is 4.79 Å². The van der Waals surface area contributed by atoms with E-state index < -0.39 is 0 Å². The minimum Gasteiger partial charge on any atom is -0.350 e. The topological polar surface area (TPSA) is 79.3 Å². The molecule has 0 saturated carbocycles. The fourth-order valence-corrected chi connectivity index (χ4v) is 4.44. The molecule has 1 aromatic rings. The van der Waals surface area contributed by atoms with Crippen molar-refractivity contribution in [2.75, 3.05) is 30.3 Å². The van der Waals surface area contributed by atoms with Crippen molar-refractivity contribution in [1.82, 2.24) is 20.2 Å². The maximum atomic E-state index is 12.2. The highest BCUT2D eigenvalue weighted by atomic mass is 32.2. The van der Waals surface area contributed by atoms with Crippen LogP contribution in [0.15, 0.2) is 17.2 Å². The Kier molecular flexibility index (Phi) is 5.65. The van der Waals surface area contributed by atoms with Gasteiger partial charge in [0.05, 0.1) is 0 Å². The molecule has 0 bridgehead atoms. The van der Waals surface area contributed by atoms with Crippen LogP contribution in [0.4, 0.5) is 10.6 Å². The summed E-state index contributed by atoms with van der Waals surface area (Å²) in [4.78, 5) is 30.5. The van der Waals surface area contributed by atoms with Crippen LogP contribution in [0.5, 0.6) is 0 Å². The normalized spacial score (nSPS) is 24.0. The molecule has 7 nitrogen and oxygen atoms in total. The SMILES string of the molecule is Cn1ccnc(N2CCC[C@H](NC(=O)NC[C@@H]3CCCS3)C2)c1=O. The highest BCUT2D eigenvalue weighted by Crippen LogP contribution is 2.25. The molecule has 132 valence electrons. The van der Waals surface area contributed by atoms with Gasteiger partial charge in [-0.1, -0.05) is 0 Å². The van der Waals surface area contributed by atoms with Crippen molar-refractivity contribution in [1.29, 1.82) is 0 Å². The smallest absolute Gasteiger partial charge is 0.315 e. The van der Waals surface area contributed by atoms with E-state index in [2.05, 4.69) is 15.6 Å². The summed E-state index contributed by atoms with van der Waals surface area (Å²) in [6.45, 7) is 2.15. The number of hydrogen-bond donors (Lipinski definition) is 2. The molecule has 0 aromatic carbocycles. The Balaban J connectivity index is 1.52. The van der Waals surface area contributed by atoms with Crippen LogP contribution < -0.4 is 21.1 Å². The molecule has 8 heteroatoms. The van der Waals surface area contributed by atoms with E-state index in [-0.39, 0.29) is 17.6 Å². The minimum absolute atomic E-state index is 0.0432. The third-order valence-corrected chi connectivity index (χ3v) is 5.97. The Morgan fingerprint density at radius 1 is 1.42 bits per heavy atom. The van der Waals surface area contributed by atoms with Crippen LogP contribution in [0.25, 0.3) is 0 Å². The fraction of sp³-hybridized carbons (Fsp3) is 0.688. The Morgan fingerprint density at radius 2 is 2.29 bits per heavy atom. The first kappa shape index (κ1) is 17.1. The molecule has 0 unspecified atom stereocenters. The van der Waals surface area contributed by atoms with Gasteiger partial charge in [0.2, 0.25) is 0 Å². The second kappa shape index (κ2) is 7.92. The van der Waals surface area contributed by atoms with Crippen molar-refractivity contribution in [2.45, 2.75) is 37.0 Å². The number of nitrogens with one attached hydrogen (secondary N) is 2. The highest BCUT2D eigenvalue weighted by molar-refractivity contribution is 8.00. The summed E-state index contributed by atoms with van der Waals surface area (Å²) in [7, 11) is 1.72. The van der Waals surface area contributed by atoms with Gasteiger partial charge in [-0.15, -0.1) is 0 Å². The number of thioether (sulfide) groups is 1. The lowest BCUT2D eigenvalue weighted by Gasteiger charge is -2.33. The second-order valence-electron chi connectivity index (χ2n) is 6.44. The van der Waals surface area contributed by atoms with E-state index in [0.29, 0.717) is 17.6 Å². The van der Waals surface area contributed by atoms with Crippen molar-refractivity contribution >= 4 is 23.6 Å². The molecule has 2 fully saturated rings. The number of hydrogen-bond acceptors (Lipinski definition) is 5. The summed E-state index contributed by atoms with van der Waals surface area (Å²) in [6.07, 6.45) is 7.58. The molecule has 3 rings (SSSR count). The summed E-state index contributed by atoms with van der Waals surface area (Å²) in [6, 6.07) is -0.0648. The molecule has 0 spiro atoms. The average Bonchev–Trinajstić information content (AvgIpc) is 3.09. The number of carbonyl (C=O) groups is 1. The third kappa shape index (κ3) is 4.23. The van der Waals surface area contributed by atoms with E-state index in [1.807, 2.05) is 16.7 Å². The lowest BCUT2D eigenvalue weighted by Crippen LogP contribution is -2.52. The Bertz CT molecular complexity index is 629. The Morgan fingerprint density at radius 3 is 3.08 bits per heavy atom. The van der Waals surface area contributed by atoms with Crippen molar-refractivity contribution in [3.05, 3.63) is 22.7 Å². The monoisotopic (exact) mass is 351 g/mol. The standard InChI is InChI=1S/C16H25N5O2S/c1-20-8-6-17-14(15(20)22)21-7-2-4-12(11-21)19-16(23)18-10-13-5-3-9-24-13/h6,8,12-13H,2-5,7,9-11H2,1H3,(H2,18,19,23)/t12-,13-/m0/s1. The van der Waals surface area contributed by atoms with Crippen LogP contribution in [0, 0.1) is 0 Å². The first-order valence-corrected chi connectivity index (χ1v) is 9.61. The predicted octanol–water partition coefficient (Wildman–Crippen LogP) is 0.944. The molecule has 2 aliphatic heterocycles. The number of aryl methyl sites for hydroxylation is 1. The number of rotatable bonds is 4. The average molecular weight is 351 g/mol. The zero-order valence-corrected chi connectivity index (χ0v) is 14.8. The van der Waals surface area contributed by atoms with Gasteiger partial charge in [0.25, 0.3) is 5.56 Å². The van der Waals surface area contributed by atoms with Crippen molar-refractivity contribution in [2.24, 2.45) is 7.05 Å². The van der Waals surface area contributed by atoms with E-state index in [1.165, 1.54) is 23.2 Å². The van der Waals surface area contributed by atoms with E-state index in [1.54, 1.807) is 19.4 Å². The highest BCUT2D eigenvalue weighted by Gasteiger charge is 2.24. The Hall–Kier alpha value is -1.70. The van der Waals surface area contributed by atoms with E-state index >= 15 is 0 Å². The van der Waals surface area contributed by atoms with Crippen LogP contribution in [-0.2, 0) is 7.05 Å². The number of amides is 2. The van der Waals surface area contributed by atoms with E-state index in [4.69, 9.17) is 0 Å². The van der Waals surface area contributed by atoms with E-state index in [9.17, 15) is 9.59 Å². The molecule has 2 atom stereocenters. The Labute approximate surface area is 146 Å². The van der Waals surface area contributed by atoms with Gasteiger partial charge >= 0.3 is 6.03 Å². The molecule has 2 N–H and O–H groups in total. The molecular weight excluding hydrogens is 326 g/mol. The number of urea groups is 1. The first-order valence-electron chi connectivity index (χ1n) is 8.56. The van der Waals surface area contributed by atoms with Gasteiger partial charge in [-0.3, -0.25) is 4.79 Å². The molecule has 2 aliphatic rings. The molecule has 2 saturated heterocycles. The lowest BCUT2D eigenvalue weighted by molar-refractivity contribution is 0.235. The van der Waals surface area contributed by atoms with Crippen LogP contribution >= 0.6 is 11.8 Å². The van der Waals surface area contributed by atoms with Gasteiger partial charge in [0, 0.05) is 50.4 Å². The van der Waals surface area contributed by atoms with Crippen molar-refractivity contribution in [3.8, 4) is 0 Å². The number of piperidine rings is 1. The predicted molar refractivity (Wildman–Crippen MR) is 96.7 cm³/mol. The molecule has 3 heterocycles. The number of anilines is 1. The number of carbonyl (C=O) groups excluding carboxylic acids is 1. The summed E-state index contributed by atoms with van der Waals surface area (Å²) in [5, 5.41) is 6.57. The van der Waals surface area contributed by atoms with Gasteiger partial charge in [-0.05, 0) is 31.4 Å². The molecular formula is C16H25N5O2S. The van der Waals surface area contributed by atoms with Gasteiger partial charge in [0.15, 0.2) is 5.82 Å². The summed E-state index contributed by atoms with van der Waals surface area (Å²) in [5.41, 5.74) is -0.0964. The molecule has 2 amide bonds. The fourth-order valence-electron chi connectivity index (χ4n) is 3.24. The molecule has 0 radical (unpaired) electrons. The quantitative estimate of drug-likeness (QED) is 0.844. The maximum Gasteiger partial charge on any atom is 0.315 e. The zero-order chi connectivity index (χ0) is 16.9. The molecule has 24 heavy (non-hydrogen) atoms. The van der Waals surface area contributed by atoms with Crippen LogP contribution in [0.3, 0.4) is 0 Å².